The van der Waals surface area contributed by atoms with E-state index in [2.05, 4.69) is 27.2 Å². The third-order valence-electron chi connectivity index (χ3n) is 4.42. The first-order chi connectivity index (χ1) is 11.5. The summed E-state index contributed by atoms with van der Waals surface area (Å²) in [4.78, 5) is 6.76. The molecule has 0 bridgehead atoms. The monoisotopic (exact) mass is 329 g/mol. The predicted octanol–water partition coefficient (Wildman–Crippen LogP) is 3.50. The molecule has 5 nitrogen and oxygen atoms in total. The summed E-state index contributed by atoms with van der Waals surface area (Å²) in [5, 5.41) is 14.4. The molecule has 24 heavy (non-hydrogen) atoms. The van der Waals surface area contributed by atoms with Gasteiger partial charge in [-0.3, -0.25) is 4.90 Å². The summed E-state index contributed by atoms with van der Waals surface area (Å²) in [7, 11) is 0. The average molecular weight is 329 g/mol. The number of hydrogen-bond donors (Lipinski definition) is 1. The van der Waals surface area contributed by atoms with Gasteiger partial charge in [0, 0.05) is 19.0 Å². The van der Waals surface area contributed by atoms with E-state index in [-0.39, 0.29) is 0 Å². The highest BCUT2D eigenvalue weighted by Crippen LogP contribution is 2.32. The van der Waals surface area contributed by atoms with Crippen LogP contribution in [0.1, 0.15) is 62.7 Å². The normalized spacial score (nSPS) is 16.2. The van der Waals surface area contributed by atoms with Crippen LogP contribution in [0.3, 0.4) is 0 Å². The van der Waals surface area contributed by atoms with Crippen molar-refractivity contribution in [3.8, 4) is 0 Å². The second kappa shape index (κ2) is 7.45. The molecule has 1 N–H and O–H groups in total. The van der Waals surface area contributed by atoms with Crippen molar-refractivity contribution in [3.05, 3.63) is 47.6 Å². The molecular formula is C19H27N3O2. The minimum Gasteiger partial charge on any atom is -0.389 e. The van der Waals surface area contributed by atoms with Gasteiger partial charge in [0.2, 0.25) is 5.89 Å². The molecule has 1 aliphatic rings. The molecular weight excluding hydrogens is 302 g/mol. The Morgan fingerprint density at radius 3 is 2.54 bits per heavy atom. The quantitative estimate of drug-likeness (QED) is 0.842. The maximum Gasteiger partial charge on any atom is 0.240 e. The molecule has 0 unspecified atom stereocenters. The summed E-state index contributed by atoms with van der Waals surface area (Å²) in [5.41, 5.74) is 0.431. The lowest BCUT2D eigenvalue weighted by Gasteiger charge is -2.27. The van der Waals surface area contributed by atoms with Crippen molar-refractivity contribution in [2.45, 2.75) is 64.1 Å². The van der Waals surface area contributed by atoms with E-state index in [0.717, 1.165) is 25.2 Å². The summed E-state index contributed by atoms with van der Waals surface area (Å²) in [6.07, 6.45) is 4.84. The predicted molar refractivity (Wildman–Crippen MR) is 92.4 cm³/mol. The molecule has 1 aliphatic carbocycles. The molecule has 0 saturated heterocycles. The van der Waals surface area contributed by atoms with Crippen molar-refractivity contribution in [2.75, 3.05) is 6.54 Å². The first-order valence-corrected chi connectivity index (χ1v) is 8.81. The van der Waals surface area contributed by atoms with Crippen LogP contribution in [0.4, 0.5) is 0 Å². The van der Waals surface area contributed by atoms with E-state index in [9.17, 15) is 5.11 Å². The largest absolute Gasteiger partial charge is 0.389 e. The lowest BCUT2D eigenvalue weighted by molar-refractivity contribution is 0.0273. The van der Waals surface area contributed by atoms with Crippen molar-refractivity contribution in [2.24, 2.45) is 0 Å². The minimum absolute atomic E-state index is 0.458. The summed E-state index contributed by atoms with van der Waals surface area (Å²) in [6.45, 7) is 5.49. The fourth-order valence-electron chi connectivity index (χ4n) is 3.43. The highest BCUT2D eigenvalue weighted by atomic mass is 16.5. The van der Waals surface area contributed by atoms with Gasteiger partial charge in [0.1, 0.15) is 0 Å². The topological polar surface area (TPSA) is 62.4 Å². The minimum atomic E-state index is -0.775. The summed E-state index contributed by atoms with van der Waals surface area (Å²) in [5.74, 6) is 1.95. The fraction of sp³-hybridized carbons (Fsp3) is 0.579. The van der Waals surface area contributed by atoms with E-state index in [4.69, 9.17) is 4.52 Å². The maximum absolute atomic E-state index is 10.2. The lowest BCUT2D eigenvalue weighted by atomic mass is 10.1. The van der Waals surface area contributed by atoms with Crippen LogP contribution in [0.25, 0.3) is 0 Å². The molecule has 130 valence electrons. The molecule has 1 aromatic heterocycles. The third kappa shape index (κ3) is 4.89. The zero-order valence-corrected chi connectivity index (χ0v) is 14.6. The number of aliphatic hydroxyl groups is 1. The van der Waals surface area contributed by atoms with Gasteiger partial charge in [-0.1, -0.05) is 48.3 Å². The van der Waals surface area contributed by atoms with Crippen molar-refractivity contribution in [3.63, 3.8) is 0 Å². The first-order valence-electron chi connectivity index (χ1n) is 8.81. The van der Waals surface area contributed by atoms with E-state index in [1.165, 1.54) is 18.4 Å². The van der Waals surface area contributed by atoms with Crippen molar-refractivity contribution >= 4 is 0 Å². The molecule has 3 rings (SSSR count). The van der Waals surface area contributed by atoms with E-state index in [1.54, 1.807) is 0 Å². The molecule has 5 heteroatoms. The standard InChI is InChI=1S/C19H27N3O2/c1-19(2,23)14-22(12-15-8-4-3-5-9-15)13-17-20-18(21-24-17)16-10-6-7-11-16/h3-5,8-9,16,23H,6-7,10-14H2,1-2H3. The molecule has 1 heterocycles. The summed E-state index contributed by atoms with van der Waals surface area (Å²) < 4.78 is 5.48. The molecule has 1 aromatic carbocycles. The van der Waals surface area contributed by atoms with Gasteiger partial charge < -0.3 is 9.63 Å². The van der Waals surface area contributed by atoms with Gasteiger partial charge in [-0.2, -0.15) is 4.98 Å². The van der Waals surface area contributed by atoms with Gasteiger partial charge in [0.05, 0.1) is 12.1 Å². The zero-order valence-electron chi connectivity index (χ0n) is 14.6. The molecule has 2 aromatic rings. The SMILES string of the molecule is CC(C)(O)CN(Cc1ccccc1)Cc1nc(C2CCCC2)no1. The van der Waals surface area contributed by atoms with Crippen LogP contribution in [0, 0.1) is 0 Å². The van der Waals surface area contributed by atoms with Gasteiger partial charge in [0.25, 0.3) is 0 Å². The Morgan fingerprint density at radius 1 is 1.17 bits per heavy atom. The number of hydrogen-bond acceptors (Lipinski definition) is 5. The Labute approximate surface area is 143 Å². The van der Waals surface area contributed by atoms with Gasteiger partial charge in [-0.05, 0) is 32.3 Å². The molecule has 1 saturated carbocycles. The smallest absolute Gasteiger partial charge is 0.240 e. The van der Waals surface area contributed by atoms with Crippen LogP contribution >= 0.6 is 0 Å². The molecule has 0 aliphatic heterocycles. The second-order valence-electron chi connectivity index (χ2n) is 7.47. The molecule has 0 amide bonds. The Balaban J connectivity index is 1.68. The summed E-state index contributed by atoms with van der Waals surface area (Å²) >= 11 is 0. The third-order valence-corrected chi connectivity index (χ3v) is 4.42. The van der Waals surface area contributed by atoms with Crippen LogP contribution in [0.15, 0.2) is 34.9 Å². The number of rotatable bonds is 7. The lowest BCUT2D eigenvalue weighted by Crippen LogP contribution is -2.38. The van der Waals surface area contributed by atoms with Crippen LogP contribution in [-0.2, 0) is 13.1 Å². The Kier molecular flexibility index (Phi) is 5.31. The van der Waals surface area contributed by atoms with Crippen molar-refractivity contribution in [1.82, 2.24) is 15.0 Å². The van der Waals surface area contributed by atoms with Crippen LogP contribution < -0.4 is 0 Å². The second-order valence-corrected chi connectivity index (χ2v) is 7.47. The highest BCUT2D eigenvalue weighted by Gasteiger charge is 2.24. The molecule has 0 spiro atoms. The van der Waals surface area contributed by atoms with Crippen LogP contribution in [-0.4, -0.2) is 32.3 Å². The molecule has 1 fully saturated rings. The fourth-order valence-corrected chi connectivity index (χ4v) is 3.43. The van der Waals surface area contributed by atoms with Gasteiger partial charge in [-0.15, -0.1) is 0 Å². The highest BCUT2D eigenvalue weighted by molar-refractivity contribution is 5.14. The maximum atomic E-state index is 10.2. The molecule has 0 radical (unpaired) electrons. The number of aromatic nitrogens is 2. The first kappa shape index (κ1) is 17.1. The van der Waals surface area contributed by atoms with Gasteiger partial charge in [0.15, 0.2) is 5.82 Å². The van der Waals surface area contributed by atoms with E-state index in [0.29, 0.717) is 24.9 Å². The average Bonchev–Trinajstić information content (AvgIpc) is 3.17. The van der Waals surface area contributed by atoms with Crippen LogP contribution in [0.2, 0.25) is 0 Å². The van der Waals surface area contributed by atoms with Gasteiger partial charge in [-0.25, -0.2) is 0 Å². The number of benzene rings is 1. The van der Waals surface area contributed by atoms with Crippen molar-refractivity contribution in [1.29, 1.82) is 0 Å². The summed E-state index contributed by atoms with van der Waals surface area (Å²) in [6, 6.07) is 10.3. The van der Waals surface area contributed by atoms with Crippen molar-refractivity contribution < 1.29 is 9.63 Å². The Morgan fingerprint density at radius 2 is 1.88 bits per heavy atom. The van der Waals surface area contributed by atoms with Crippen LogP contribution in [0.5, 0.6) is 0 Å². The van der Waals surface area contributed by atoms with E-state index in [1.807, 2.05) is 32.0 Å². The van der Waals surface area contributed by atoms with Gasteiger partial charge >= 0.3 is 0 Å². The Bertz CT molecular complexity index is 628. The molecule has 0 atom stereocenters. The number of nitrogens with zero attached hydrogens (tertiary/aromatic N) is 3. The Hall–Kier alpha value is -1.72. The zero-order chi connectivity index (χ0) is 17.0. The van der Waals surface area contributed by atoms with E-state index < -0.39 is 5.60 Å². The van der Waals surface area contributed by atoms with E-state index >= 15 is 0 Å².